The highest BCUT2D eigenvalue weighted by molar-refractivity contribution is 4.87. The van der Waals surface area contributed by atoms with Gasteiger partial charge in [0.1, 0.15) is 6.04 Å². The average Bonchev–Trinajstić information content (AvgIpc) is 2.21. The second kappa shape index (κ2) is 7.09. The first-order valence-electron chi connectivity index (χ1n) is 5.43. The molecule has 0 amide bonds. The van der Waals surface area contributed by atoms with Crippen molar-refractivity contribution in [3.63, 3.8) is 0 Å². The summed E-state index contributed by atoms with van der Waals surface area (Å²) in [5, 5.41) is 0. The predicted molar refractivity (Wildman–Crippen MR) is 57.2 cm³/mol. The van der Waals surface area contributed by atoms with Crippen molar-refractivity contribution in [1.82, 2.24) is 4.90 Å². The van der Waals surface area contributed by atoms with Crippen LogP contribution >= 0.6 is 0 Å². The summed E-state index contributed by atoms with van der Waals surface area (Å²) in [6.45, 7) is 4.17. The molecule has 0 heterocycles. The van der Waals surface area contributed by atoms with Crippen molar-refractivity contribution in [3.8, 4) is 0 Å². The molecule has 0 aromatic rings. The summed E-state index contributed by atoms with van der Waals surface area (Å²) < 4.78 is 43.4. The Morgan fingerprint density at radius 3 is 2.19 bits per heavy atom. The molecular weight excluding hydrogens is 221 g/mol. The fourth-order valence-electron chi connectivity index (χ4n) is 1.65. The van der Waals surface area contributed by atoms with Crippen molar-refractivity contribution in [1.29, 1.82) is 0 Å². The third-order valence-corrected chi connectivity index (χ3v) is 2.59. The Morgan fingerprint density at radius 1 is 1.31 bits per heavy atom. The van der Waals surface area contributed by atoms with Crippen molar-refractivity contribution in [2.45, 2.75) is 38.5 Å². The summed E-state index contributed by atoms with van der Waals surface area (Å²) in [4.78, 5) is 1.32. The van der Waals surface area contributed by atoms with Crippen LogP contribution < -0.4 is 5.73 Å². The van der Waals surface area contributed by atoms with Gasteiger partial charge in [0.15, 0.2) is 0 Å². The number of likely N-dealkylation sites (N-methyl/N-ethyl adjacent to an activating group) is 1. The predicted octanol–water partition coefficient (Wildman–Crippen LogP) is 1.62. The molecule has 0 spiro atoms. The molecule has 2 atom stereocenters. The lowest BCUT2D eigenvalue weighted by atomic mass is 10.0. The van der Waals surface area contributed by atoms with Gasteiger partial charge >= 0.3 is 6.18 Å². The topological polar surface area (TPSA) is 38.5 Å². The van der Waals surface area contributed by atoms with Crippen molar-refractivity contribution in [3.05, 3.63) is 0 Å². The lowest BCUT2D eigenvalue weighted by molar-refractivity contribution is -0.190. The molecule has 0 aromatic heterocycles. The van der Waals surface area contributed by atoms with E-state index in [0.717, 1.165) is 0 Å². The molecule has 0 saturated carbocycles. The van der Waals surface area contributed by atoms with E-state index in [4.69, 9.17) is 10.5 Å². The third kappa shape index (κ3) is 4.67. The Kier molecular flexibility index (Phi) is 6.94. The normalized spacial score (nSPS) is 16.5. The van der Waals surface area contributed by atoms with E-state index in [2.05, 4.69) is 0 Å². The zero-order valence-corrected chi connectivity index (χ0v) is 10.0. The van der Waals surface area contributed by atoms with Crippen LogP contribution in [0.2, 0.25) is 0 Å². The van der Waals surface area contributed by atoms with Crippen LogP contribution in [0.4, 0.5) is 13.2 Å². The van der Waals surface area contributed by atoms with E-state index < -0.39 is 18.3 Å². The van der Waals surface area contributed by atoms with Gasteiger partial charge in [-0.1, -0.05) is 13.8 Å². The smallest absolute Gasteiger partial charge is 0.383 e. The summed E-state index contributed by atoms with van der Waals surface area (Å²) in [7, 11) is 1.47. The highest BCUT2D eigenvalue weighted by Gasteiger charge is 2.45. The van der Waals surface area contributed by atoms with Gasteiger partial charge in [0.25, 0.3) is 0 Å². The summed E-state index contributed by atoms with van der Waals surface area (Å²) in [6, 6.07) is -2.48. The van der Waals surface area contributed by atoms with Gasteiger partial charge in [-0.05, 0) is 13.0 Å². The molecule has 0 aliphatic heterocycles. The summed E-state index contributed by atoms with van der Waals surface area (Å²) in [6.07, 6.45) is -3.99. The molecule has 6 heteroatoms. The van der Waals surface area contributed by atoms with Crippen molar-refractivity contribution in [2.24, 2.45) is 5.73 Å². The van der Waals surface area contributed by atoms with E-state index in [0.29, 0.717) is 13.0 Å². The molecule has 0 bridgehead atoms. The molecule has 0 aromatic carbocycles. The Labute approximate surface area is 94.7 Å². The van der Waals surface area contributed by atoms with E-state index in [1.807, 2.05) is 0 Å². The number of hydrogen-bond donors (Lipinski definition) is 1. The van der Waals surface area contributed by atoms with Crippen LogP contribution in [0.1, 0.15) is 20.3 Å². The standard InChI is InChI=1S/C10H21F3N2O/c1-4-8(14)9(10(11,12)13)15(5-2)6-7-16-3/h8-9H,4-7,14H2,1-3H3. The van der Waals surface area contributed by atoms with E-state index in [1.54, 1.807) is 13.8 Å². The summed E-state index contributed by atoms with van der Waals surface area (Å²) in [5.41, 5.74) is 5.55. The maximum absolute atomic E-state index is 12.9. The van der Waals surface area contributed by atoms with E-state index in [9.17, 15) is 13.2 Å². The minimum absolute atomic E-state index is 0.241. The number of halogens is 3. The quantitative estimate of drug-likeness (QED) is 0.737. The zero-order chi connectivity index (χ0) is 12.8. The first-order valence-corrected chi connectivity index (χ1v) is 5.43. The summed E-state index contributed by atoms with van der Waals surface area (Å²) >= 11 is 0. The van der Waals surface area contributed by atoms with Gasteiger partial charge < -0.3 is 10.5 Å². The van der Waals surface area contributed by atoms with Crippen LogP contribution in [0, 0.1) is 0 Å². The van der Waals surface area contributed by atoms with Crippen molar-refractivity contribution < 1.29 is 17.9 Å². The van der Waals surface area contributed by atoms with Gasteiger partial charge in [-0.3, -0.25) is 4.90 Å². The van der Waals surface area contributed by atoms with Crippen LogP contribution in [0.15, 0.2) is 0 Å². The number of nitrogens with zero attached hydrogens (tertiary/aromatic N) is 1. The minimum Gasteiger partial charge on any atom is -0.383 e. The Morgan fingerprint density at radius 2 is 1.88 bits per heavy atom. The molecular formula is C10H21F3N2O. The molecule has 2 unspecified atom stereocenters. The fourth-order valence-corrected chi connectivity index (χ4v) is 1.65. The van der Waals surface area contributed by atoms with E-state index >= 15 is 0 Å². The third-order valence-electron chi connectivity index (χ3n) is 2.59. The van der Waals surface area contributed by atoms with Gasteiger partial charge in [-0.15, -0.1) is 0 Å². The largest absolute Gasteiger partial charge is 0.405 e. The Bertz CT molecular complexity index is 187. The molecule has 0 radical (unpaired) electrons. The number of hydrogen-bond acceptors (Lipinski definition) is 3. The number of ether oxygens (including phenoxy) is 1. The fraction of sp³-hybridized carbons (Fsp3) is 1.00. The van der Waals surface area contributed by atoms with Gasteiger partial charge in [-0.25, -0.2) is 0 Å². The van der Waals surface area contributed by atoms with Crippen LogP contribution in [-0.4, -0.2) is 50.0 Å². The van der Waals surface area contributed by atoms with Gasteiger partial charge in [0.2, 0.25) is 0 Å². The number of rotatable bonds is 7. The highest BCUT2D eigenvalue weighted by Crippen LogP contribution is 2.27. The number of methoxy groups -OCH3 is 1. The summed E-state index contributed by atoms with van der Waals surface area (Å²) in [5.74, 6) is 0. The van der Waals surface area contributed by atoms with Crippen LogP contribution in [0.5, 0.6) is 0 Å². The van der Waals surface area contributed by atoms with Gasteiger partial charge in [-0.2, -0.15) is 13.2 Å². The SMILES string of the molecule is CCC(N)C(N(CC)CCOC)C(F)(F)F. The van der Waals surface area contributed by atoms with Crippen LogP contribution in [-0.2, 0) is 4.74 Å². The maximum atomic E-state index is 12.9. The lowest BCUT2D eigenvalue weighted by Gasteiger charge is -2.35. The Hall–Kier alpha value is -0.330. The zero-order valence-electron chi connectivity index (χ0n) is 10.0. The molecule has 0 aliphatic carbocycles. The maximum Gasteiger partial charge on any atom is 0.405 e. The number of nitrogens with two attached hydrogens (primary N) is 1. The van der Waals surface area contributed by atoms with Crippen LogP contribution in [0.3, 0.4) is 0 Å². The van der Waals surface area contributed by atoms with Crippen LogP contribution in [0.25, 0.3) is 0 Å². The van der Waals surface area contributed by atoms with Crippen molar-refractivity contribution >= 4 is 0 Å². The second-order valence-corrected chi connectivity index (χ2v) is 3.68. The first kappa shape index (κ1) is 15.7. The number of alkyl halides is 3. The van der Waals surface area contributed by atoms with Crippen molar-refractivity contribution in [2.75, 3.05) is 26.8 Å². The molecule has 0 fully saturated rings. The van der Waals surface area contributed by atoms with Gasteiger partial charge in [0.05, 0.1) is 6.61 Å². The molecule has 0 saturated heterocycles. The van der Waals surface area contributed by atoms with Gasteiger partial charge in [0, 0.05) is 19.7 Å². The lowest BCUT2D eigenvalue weighted by Crippen LogP contribution is -2.56. The molecule has 0 rings (SSSR count). The highest BCUT2D eigenvalue weighted by atomic mass is 19.4. The molecule has 16 heavy (non-hydrogen) atoms. The van der Waals surface area contributed by atoms with E-state index in [1.165, 1.54) is 12.0 Å². The monoisotopic (exact) mass is 242 g/mol. The second-order valence-electron chi connectivity index (χ2n) is 3.68. The van der Waals surface area contributed by atoms with E-state index in [-0.39, 0.29) is 13.2 Å². The molecule has 0 aliphatic rings. The Balaban J connectivity index is 4.70. The minimum atomic E-state index is -4.29. The molecule has 3 nitrogen and oxygen atoms in total. The molecule has 2 N–H and O–H groups in total. The molecule has 98 valence electrons. The average molecular weight is 242 g/mol. The first-order chi connectivity index (χ1) is 7.38.